The Balaban J connectivity index is 1.60. The Bertz CT molecular complexity index is 1930. The smallest absolute Gasteiger partial charge is 0.0640 e. The van der Waals surface area contributed by atoms with E-state index in [1.165, 1.54) is 55.1 Å². The summed E-state index contributed by atoms with van der Waals surface area (Å²) >= 11 is 0. The van der Waals surface area contributed by atoms with Crippen LogP contribution in [0.5, 0.6) is 0 Å². The van der Waals surface area contributed by atoms with Crippen molar-refractivity contribution in [2.24, 2.45) is 0 Å². The molecule has 0 bridgehead atoms. The standard InChI is InChI=1S/C33H21N3/c1-2-10-23(11-3-1)36-29-15-7-9-22-8-6-13-25(31(22)29)26-16-17-30-32(33(26)36)27-12-4-5-14-28(27)35(30)24-18-20-34-21-19-24/h1-21H. The largest absolute Gasteiger partial charge is 0.309 e. The van der Waals surface area contributed by atoms with Gasteiger partial charge in [0.25, 0.3) is 0 Å². The average molecular weight is 460 g/mol. The number of benzene rings is 5. The topological polar surface area (TPSA) is 21.1 Å². The molecule has 3 nitrogen and oxygen atoms in total. The van der Waals surface area contributed by atoms with E-state index >= 15 is 0 Å². The number of nitrogens with zero attached hydrogens (tertiary/aromatic N) is 3. The Hall–Kier alpha value is -4.89. The molecule has 168 valence electrons. The molecule has 0 spiro atoms. The van der Waals surface area contributed by atoms with E-state index in [-0.39, 0.29) is 0 Å². The zero-order valence-electron chi connectivity index (χ0n) is 19.5. The predicted molar refractivity (Wildman–Crippen MR) is 150 cm³/mol. The summed E-state index contributed by atoms with van der Waals surface area (Å²) in [5, 5.41) is 5.06. The molecule has 7 aromatic rings. The number of para-hydroxylation sites is 2. The maximum absolute atomic E-state index is 4.26. The second kappa shape index (κ2) is 7.30. The Morgan fingerprint density at radius 2 is 1.28 bits per heavy atom. The fourth-order valence-electron chi connectivity index (χ4n) is 5.96. The minimum Gasteiger partial charge on any atom is -0.309 e. The van der Waals surface area contributed by atoms with E-state index in [0.29, 0.717) is 0 Å². The van der Waals surface area contributed by atoms with Crippen molar-refractivity contribution < 1.29 is 0 Å². The summed E-state index contributed by atoms with van der Waals surface area (Å²) in [6, 6.07) is 41.5. The number of hydrogen-bond acceptors (Lipinski definition) is 2. The highest BCUT2D eigenvalue weighted by molar-refractivity contribution is 6.24. The fourth-order valence-corrected chi connectivity index (χ4v) is 5.96. The van der Waals surface area contributed by atoms with Gasteiger partial charge in [0.15, 0.2) is 0 Å². The van der Waals surface area contributed by atoms with Crippen LogP contribution in [-0.4, -0.2) is 9.55 Å². The van der Waals surface area contributed by atoms with Gasteiger partial charge in [-0.2, -0.15) is 0 Å². The zero-order chi connectivity index (χ0) is 23.6. The van der Waals surface area contributed by atoms with Crippen molar-refractivity contribution in [2.75, 3.05) is 4.90 Å². The van der Waals surface area contributed by atoms with Crippen LogP contribution in [0.4, 0.5) is 17.1 Å². The fraction of sp³-hybridized carbons (Fsp3) is 0. The number of pyridine rings is 1. The van der Waals surface area contributed by atoms with Gasteiger partial charge in [-0.3, -0.25) is 4.98 Å². The Kier molecular flexibility index (Phi) is 3.94. The van der Waals surface area contributed by atoms with Crippen LogP contribution in [0, 0.1) is 0 Å². The van der Waals surface area contributed by atoms with Crippen LogP contribution in [0.15, 0.2) is 128 Å². The summed E-state index contributed by atoms with van der Waals surface area (Å²) < 4.78 is 2.36. The van der Waals surface area contributed by atoms with E-state index in [0.717, 1.165) is 11.4 Å². The van der Waals surface area contributed by atoms with E-state index in [2.05, 4.69) is 130 Å². The van der Waals surface area contributed by atoms with Crippen LogP contribution in [0.25, 0.3) is 49.4 Å². The third-order valence-electron chi connectivity index (χ3n) is 7.38. The highest BCUT2D eigenvalue weighted by Crippen LogP contribution is 2.54. The van der Waals surface area contributed by atoms with Gasteiger partial charge in [0.1, 0.15) is 0 Å². The van der Waals surface area contributed by atoms with Gasteiger partial charge in [0, 0.05) is 45.5 Å². The normalized spacial score (nSPS) is 12.4. The average Bonchev–Trinajstić information content (AvgIpc) is 3.29. The first kappa shape index (κ1) is 19.4. The van der Waals surface area contributed by atoms with Crippen molar-refractivity contribution in [1.82, 2.24) is 9.55 Å². The molecule has 36 heavy (non-hydrogen) atoms. The number of rotatable bonds is 2. The van der Waals surface area contributed by atoms with Crippen LogP contribution in [0.2, 0.25) is 0 Å². The lowest BCUT2D eigenvalue weighted by molar-refractivity contribution is 1.15. The highest BCUT2D eigenvalue weighted by atomic mass is 15.2. The molecule has 0 fully saturated rings. The Morgan fingerprint density at radius 3 is 2.14 bits per heavy atom. The van der Waals surface area contributed by atoms with Crippen molar-refractivity contribution >= 4 is 49.6 Å². The first-order valence-electron chi connectivity index (χ1n) is 12.2. The van der Waals surface area contributed by atoms with Crippen LogP contribution in [-0.2, 0) is 0 Å². The molecular weight excluding hydrogens is 438 g/mol. The maximum Gasteiger partial charge on any atom is 0.0640 e. The van der Waals surface area contributed by atoms with Crippen molar-refractivity contribution in [1.29, 1.82) is 0 Å². The lowest BCUT2D eigenvalue weighted by atomic mass is 9.89. The highest BCUT2D eigenvalue weighted by Gasteiger charge is 2.29. The second-order valence-corrected chi connectivity index (χ2v) is 9.27. The molecule has 3 heteroatoms. The summed E-state index contributed by atoms with van der Waals surface area (Å²) in [4.78, 5) is 6.72. The van der Waals surface area contributed by atoms with Gasteiger partial charge in [0.2, 0.25) is 0 Å². The van der Waals surface area contributed by atoms with Crippen molar-refractivity contribution in [3.8, 4) is 16.8 Å². The predicted octanol–water partition coefficient (Wildman–Crippen LogP) is 8.78. The minimum absolute atomic E-state index is 1.11. The molecule has 2 aromatic heterocycles. The molecule has 0 N–H and O–H groups in total. The zero-order valence-corrected chi connectivity index (χ0v) is 19.5. The second-order valence-electron chi connectivity index (χ2n) is 9.27. The molecule has 1 aliphatic heterocycles. The molecule has 8 rings (SSSR count). The SMILES string of the molecule is c1ccc(N2c3cccc4cccc(c34)-c3ccc4c(c32)c2ccccc2n4-c2ccncc2)cc1. The molecule has 0 atom stereocenters. The van der Waals surface area contributed by atoms with Gasteiger partial charge < -0.3 is 9.47 Å². The molecule has 3 heterocycles. The van der Waals surface area contributed by atoms with Crippen molar-refractivity contribution in [3.05, 3.63) is 128 Å². The van der Waals surface area contributed by atoms with E-state index in [4.69, 9.17) is 0 Å². The van der Waals surface area contributed by atoms with Gasteiger partial charge in [-0.25, -0.2) is 0 Å². The number of aromatic nitrogens is 2. The molecule has 0 amide bonds. The van der Waals surface area contributed by atoms with Crippen LogP contribution < -0.4 is 4.90 Å². The van der Waals surface area contributed by atoms with Gasteiger partial charge in [-0.15, -0.1) is 0 Å². The number of anilines is 3. The quantitative estimate of drug-likeness (QED) is 0.258. The summed E-state index contributed by atoms with van der Waals surface area (Å²) in [5.74, 6) is 0. The van der Waals surface area contributed by atoms with Crippen LogP contribution >= 0.6 is 0 Å². The molecule has 1 aliphatic rings. The molecule has 0 saturated heterocycles. The molecular formula is C33H21N3. The monoisotopic (exact) mass is 459 g/mol. The molecule has 0 unspecified atom stereocenters. The van der Waals surface area contributed by atoms with E-state index in [1.807, 2.05) is 12.4 Å². The summed E-state index contributed by atoms with van der Waals surface area (Å²) in [6.45, 7) is 0. The summed E-state index contributed by atoms with van der Waals surface area (Å²) in [5.41, 5.74) is 9.64. The van der Waals surface area contributed by atoms with E-state index in [9.17, 15) is 0 Å². The molecule has 5 aromatic carbocycles. The maximum atomic E-state index is 4.26. The summed E-state index contributed by atoms with van der Waals surface area (Å²) in [6.07, 6.45) is 3.73. The van der Waals surface area contributed by atoms with E-state index < -0.39 is 0 Å². The first-order valence-corrected chi connectivity index (χ1v) is 12.2. The third kappa shape index (κ3) is 2.54. The molecule has 0 saturated carbocycles. The third-order valence-corrected chi connectivity index (χ3v) is 7.38. The van der Waals surface area contributed by atoms with Crippen LogP contribution in [0.3, 0.4) is 0 Å². The number of hydrogen-bond donors (Lipinski definition) is 0. The first-order chi connectivity index (χ1) is 17.9. The van der Waals surface area contributed by atoms with Crippen molar-refractivity contribution in [3.63, 3.8) is 0 Å². The Morgan fingerprint density at radius 1 is 0.500 bits per heavy atom. The van der Waals surface area contributed by atoms with Gasteiger partial charge >= 0.3 is 0 Å². The Labute approximate surface area is 208 Å². The molecule has 0 radical (unpaired) electrons. The minimum atomic E-state index is 1.11. The number of fused-ring (bicyclic) bond motifs is 6. The van der Waals surface area contributed by atoms with Gasteiger partial charge in [-0.05, 0) is 53.4 Å². The van der Waals surface area contributed by atoms with Gasteiger partial charge in [-0.1, -0.05) is 72.8 Å². The van der Waals surface area contributed by atoms with Gasteiger partial charge in [0.05, 0.1) is 22.4 Å². The lowest BCUT2D eigenvalue weighted by Crippen LogP contribution is -2.15. The lowest BCUT2D eigenvalue weighted by Gasteiger charge is -2.34. The van der Waals surface area contributed by atoms with Crippen molar-refractivity contribution in [2.45, 2.75) is 0 Å². The molecule has 0 aliphatic carbocycles. The van der Waals surface area contributed by atoms with E-state index in [1.54, 1.807) is 0 Å². The summed E-state index contributed by atoms with van der Waals surface area (Å²) in [7, 11) is 0. The van der Waals surface area contributed by atoms with Crippen LogP contribution in [0.1, 0.15) is 0 Å².